The first kappa shape index (κ1) is 8.11. The van der Waals surface area contributed by atoms with Gasteiger partial charge >= 0.3 is 0 Å². The van der Waals surface area contributed by atoms with E-state index in [-0.39, 0.29) is 12.2 Å². The summed E-state index contributed by atoms with van der Waals surface area (Å²) in [6, 6.07) is 0. The van der Waals surface area contributed by atoms with Crippen molar-refractivity contribution in [3.8, 4) is 0 Å². The Labute approximate surface area is 73.2 Å². The van der Waals surface area contributed by atoms with Crippen molar-refractivity contribution in [1.29, 1.82) is 0 Å². The van der Waals surface area contributed by atoms with Crippen LogP contribution in [0.4, 0.5) is 0 Å². The molecule has 2 aliphatic rings. The van der Waals surface area contributed by atoms with Crippen molar-refractivity contribution < 1.29 is 9.84 Å². The molecule has 0 fully saturated rings. The van der Waals surface area contributed by atoms with E-state index in [1.807, 2.05) is 6.92 Å². The first-order chi connectivity index (χ1) is 5.77. The lowest BCUT2D eigenvalue weighted by atomic mass is 9.89. The minimum absolute atomic E-state index is 0.205. The fraction of sp³-hybridized carbons (Fsp3) is 0.800. The van der Waals surface area contributed by atoms with Crippen molar-refractivity contribution in [3.63, 3.8) is 0 Å². The molecule has 1 aliphatic carbocycles. The molecule has 2 nitrogen and oxygen atoms in total. The second-order valence-electron chi connectivity index (χ2n) is 3.84. The van der Waals surface area contributed by atoms with Gasteiger partial charge in [0.05, 0.1) is 18.0 Å². The monoisotopic (exact) mass is 168 g/mol. The molecule has 2 atom stereocenters. The highest BCUT2D eigenvalue weighted by atomic mass is 16.5. The first-order valence-corrected chi connectivity index (χ1v) is 4.84. The van der Waals surface area contributed by atoms with Crippen LogP contribution in [0.3, 0.4) is 0 Å². The summed E-state index contributed by atoms with van der Waals surface area (Å²) >= 11 is 0. The molecule has 0 aromatic rings. The molecule has 2 heteroatoms. The molecule has 68 valence electrons. The van der Waals surface area contributed by atoms with Crippen LogP contribution in [-0.4, -0.2) is 17.3 Å². The summed E-state index contributed by atoms with van der Waals surface area (Å²) in [7, 11) is 0. The minimum atomic E-state index is -0.218. The summed E-state index contributed by atoms with van der Waals surface area (Å²) in [6.45, 7) is 2.03. The van der Waals surface area contributed by atoms with Crippen LogP contribution in [0.15, 0.2) is 11.3 Å². The fourth-order valence-electron chi connectivity index (χ4n) is 2.14. The van der Waals surface area contributed by atoms with Gasteiger partial charge in [0.2, 0.25) is 0 Å². The van der Waals surface area contributed by atoms with E-state index in [0.717, 1.165) is 25.0 Å². The molecule has 0 saturated carbocycles. The zero-order valence-corrected chi connectivity index (χ0v) is 7.55. The van der Waals surface area contributed by atoms with Gasteiger partial charge in [0.1, 0.15) is 0 Å². The van der Waals surface area contributed by atoms with Gasteiger partial charge in [0, 0.05) is 12.8 Å². The maximum atomic E-state index is 9.74. The summed E-state index contributed by atoms with van der Waals surface area (Å²) in [5.74, 6) is 1.09. The number of aliphatic hydroxyl groups excluding tert-OH is 1. The molecular weight excluding hydrogens is 152 g/mol. The van der Waals surface area contributed by atoms with Crippen LogP contribution in [0, 0.1) is 0 Å². The SMILES string of the molecule is C[C@@H]1C[C@H](O)C2=C(CCCC2)O1. The average molecular weight is 168 g/mol. The predicted molar refractivity (Wildman–Crippen MR) is 46.7 cm³/mol. The summed E-state index contributed by atoms with van der Waals surface area (Å²) in [5.41, 5.74) is 1.18. The lowest BCUT2D eigenvalue weighted by Gasteiger charge is -2.32. The third kappa shape index (κ3) is 1.36. The van der Waals surface area contributed by atoms with Gasteiger partial charge < -0.3 is 9.84 Å². The number of hydrogen-bond acceptors (Lipinski definition) is 2. The Morgan fingerprint density at radius 3 is 2.92 bits per heavy atom. The van der Waals surface area contributed by atoms with Gasteiger partial charge in [-0.1, -0.05) is 0 Å². The van der Waals surface area contributed by atoms with E-state index in [0.29, 0.717) is 0 Å². The van der Waals surface area contributed by atoms with Crippen molar-refractivity contribution in [2.24, 2.45) is 0 Å². The predicted octanol–water partition coefficient (Wildman–Crippen LogP) is 1.98. The lowest BCUT2D eigenvalue weighted by Crippen LogP contribution is -2.28. The number of ether oxygens (including phenoxy) is 1. The quantitative estimate of drug-likeness (QED) is 0.599. The smallest absolute Gasteiger partial charge is 0.0982 e. The van der Waals surface area contributed by atoms with Gasteiger partial charge in [0.15, 0.2) is 0 Å². The maximum Gasteiger partial charge on any atom is 0.0982 e. The van der Waals surface area contributed by atoms with Gasteiger partial charge in [-0.25, -0.2) is 0 Å². The molecule has 1 heterocycles. The van der Waals surface area contributed by atoms with E-state index in [1.54, 1.807) is 0 Å². The van der Waals surface area contributed by atoms with Crippen molar-refractivity contribution in [1.82, 2.24) is 0 Å². The fourth-order valence-corrected chi connectivity index (χ4v) is 2.14. The molecule has 2 rings (SSSR count). The van der Waals surface area contributed by atoms with Crippen molar-refractivity contribution >= 4 is 0 Å². The van der Waals surface area contributed by atoms with Crippen molar-refractivity contribution in [2.75, 3.05) is 0 Å². The molecule has 0 radical (unpaired) electrons. The van der Waals surface area contributed by atoms with Crippen molar-refractivity contribution in [3.05, 3.63) is 11.3 Å². The number of allylic oxidation sites excluding steroid dienone is 1. The zero-order chi connectivity index (χ0) is 8.55. The third-order valence-electron chi connectivity index (χ3n) is 2.76. The third-order valence-corrected chi connectivity index (χ3v) is 2.76. The number of hydrogen-bond donors (Lipinski definition) is 1. The van der Waals surface area contributed by atoms with E-state index in [9.17, 15) is 5.11 Å². The van der Waals surface area contributed by atoms with Gasteiger partial charge in [-0.15, -0.1) is 0 Å². The average Bonchev–Trinajstić information content (AvgIpc) is 2.04. The molecule has 0 aromatic carbocycles. The summed E-state index contributed by atoms with van der Waals surface area (Å²) in [5, 5.41) is 9.74. The molecule has 0 aromatic heterocycles. The minimum Gasteiger partial charge on any atom is -0.495 e. The van der Waals surface area contributed by atoms with Crippen LogP contribution in [0.1, 0.15) is 39.0 Å². The first-order valence-electron chi connectivity index (χ1n) is 4.84. The van der Waals surface area contributed by atoms with Gasteiger partial charge in [-0.3, -0.25) is 0 Å². The highest BCUT2D eigenvalue weighted by Gasteiger charge is 2.28. The second kappa shape index (κ2) is 3.09. The number of aliphatic hydroxyl groups is 1. The van der Waals surface area contributed by atoms with Gasteiger partial charge in [-0.05, 0) is 31.8 Å². The number of rotatable bonds is 0. The summed E-state index contributed by atoms with van der Waals surface area (Å²) < 4.78 is 5.68. The largest absolute Gasteiger partial charge is 0.495 e. The summed E-state index contributed by atoms with van der Waals surface area (Å²) in [4.78, 5) is 0. The highest BCUT2D eigenvalue weighted by molar-refractivity contribution is 5.18. The standard InChI is InChI=1S/C10H16O2/c1-7-6-9(11)8-4-2-3-5-10(8)12-7/h7,9,11H,2-6H2,1H3/t7-,9+/m1/s1. The van der Waals surface area contributed by atoms with Crippen molar-refractivity contribution in [2.45, 2.75) is 51.2 Å². The van der Waals surface area contributed by atoms with Crippen LogP contribution in [0.5, 0.6) is 0 Å². The Bertz CT molecular complexity index is 208. The topological polar surface area (TPSA) is 29.5 Å². The molecule has 0 amide bonds. The van der Waals surface area contributed by atoms with E-state index in [4.69, 9.17) is 4.74 Å². The van der Waals surface area contributed by atoms with Crippen LogP contribution in [-0.2, 0) is 4.74 Å². The van der Waals surface area contributed by atoms with E-state index in [2.05, 4.69) is 0 Å². The highest BCUT2D eigenvalue weighted by Crippen LogP contribution is 2.34. The molecule has 0 bridgehead atoms. The second-order valence-corrected chi connectivity index (χ2v) is 3.84. The molecular formula is C10H16O2. The Morgan fingerprint density at radius 1 is 1.33 bits per heavy atom. The normalized spacial score (nSPS) is 35.8. The maximum absolute atomic E-state index is 9.74. The molecule has 1 aliphatic heterocycles. The Hall–Kier alpha value is -0.500. The molecule has 0 unspecified atom stereocenters. The zero-order valence-electron chi connectivity index (χ0n) is 7.55. The molecule has 1 N–H and O–H groups in total. The van der Waals surface area contributed by atoms with Crippen LogP contribution >= 0.6 is 0 Å². The Kier molecular flexibility index (Phi) is 2.09. The van der Waals surface area contributed by atoms with Crippen LogP contribution < -0.4 is 0 Å². The lowest BCUT2D eigenvalue weighted by molar-refractivity contribution is 0.0349. The van der Waals surface area contributed by atoms with Crippen LogP contribution in [0.2, 0.25) is 0 Å². The summed E-state index contributed by atoms with van der Waals surface area (Å²) in [6.07, 6.45) is 5.28. The Balaban J connectivity index is 2.20. The van der Waals surface area contributed by atoms with E-state index < -0.39 is 0 Å². The van der Waals surface area contributed by atoms with Crippen LogP contribution in [0.25, 0.3) is 0 Å². The molecule has 12 heavy (non-hydrogen) atoms. The molecule has 0 saturated heterocycles. The Morgan fingerprint density at radius 2 is 2.08 bits per heavy atom. The molecule has 0 spiro atoms. The van der Waals surface area contributed by atoms with Gasteiger partial charge in [0.25, 0.3) is 0 Å². The van der Waals surface area contributed by atoms with E-state index in [1.165, 1.54) is 18.4 Å². The van der Waals surface area contributed by atoms with E-state index >= 15 is 0 Å². The van der Waals surface area contributed by atoms with Gasteiger partial charge in [-0.2, -0.15) is 0 Å².